The summed E-state index contributed by atoms with van der Waals surface area (Å²) < 4.78 is 45.7. The van der Waals surface area contributed by atoms with Gasteiger partial charge in [0.05, 0.1) is 5.92 Å². The molecular weight excluding hydrogens is 516 g/mol. The molecule has 3 aromatic rings. The van der Waals surface area contributed by atoms with Crippen LogP contribution in [0.1, 0.15) is 48.3 Å². The molecule has 210 valence electrons. The number of hydrogen-bond acceptors (Lipinski definition) is 5. The molecule has 3 atom stereocenters. The minimum atomic E-state index is -0.712. The van der Waals surface area contributed by atoms with E-state index in [1.54, 1.807) is 4.90 Å². The molecule has 1 amide bonds. The summed E-state index contributed by atoms with van der Waals surface area (Å²) in [6.45, 7) is 1.23. The quantitative estimate of drug-likeness (QED) is 0.305. The maximum atomic E-state index is 15.0. The maximum Gasteiger partial charge on any atom is 0.410 e. The Morgan fingerprint density at radius 3 is 2.05 bits per heavy atom. The van der Waals surface area contributed by atoms with Gasteiger partial charge in [-0.15, -0.1) is 0 Å². The van der Waals surface area contributed by atoms with Gasteiger partial charge < -0.3 is 19.1 Å². The Kier molecular flexibility index (Phi) is 9.06. The molecular formula is C32H33F2NO5. The Morgan fingerprint density at radius 2 is 1.43 bits per heavy atom. The third kappa shape index (κ3) is 6.67. The molecule has 1 aliphatic carbocycles. The standard InChI is InChI=1S/C32H33F2NO5/c33-24-11-12-27(30(34)17-24)28-18-26(19-29(28)31(36)39-20-22-7-3-1-4-8-22)35(25-13-15-38-16-14-25)32(37)40-21-23-9-5-2-6-10-23/h1-12,17,25-26,28-29H,13-16,18-21H2/t26-,28+,29-/m1/s1. The zero-order chi connectivity index (χ0) is 27.9. The van der Waals surface area contributed by atoms with Crippen LogP contribution in [0.25, 0.3) is 0 Å². The Hall–Kier alpha value is -3.78. The lowest BCUT2D eigenvalue weighted by Gasteiger charge is -2.37. The third-order valence-electron chi connectivity index (χ3n) is 7.82. The lowest BCUT2D eigenvalue weighted by Crippen LogP contribution is -2.49. The number of hydrogen-bond donors (Lipinski definition) is 0. The number of nitrogens with zero attached hydrogens (tertiary/aromatic N) is 1. The highest BCUT2D eigenvalue weighted by Crippen LogP contribution is 2.45. The molecule has 5 rings (SSSR count). The van der Waals surface area contributed by atoms with Gasteiger partial charge in [-0.25, -0.2) is 13.6 Å². The Morgan fingerprint density at radius 1 is 0.800 bits per heavy atom. The molecule has 0 spiro atoms. The fourth-order valence-electron chi connectivity index (χ4n) is 5.83. The SMILES string of the molecule is O=C(OCc1ccccc1)[C@@H]1C[C@H](N(C(=O)OCc2ccccc2)C2CCOCC2)C[C@H]1c1ccc(F)cc1F. The molecule has 3 aromatic carbocycles. The van der Waals surface area contributed by atoms with E-state index >= 15 is 4.39 Å². The first kappa shape index (κ1) is 27.8. The second-order valence-corrected chi connectivity index (χ2v) is 10.4. The fourth-order valence-corrected chi connectivity index (χ4v) is 5.83. The van der Waals surface area contributed by atoms with Crippen LogP contribution < -0.4 is 0 Å². The van der Waals surface area contributed by atoms with Gasteiger partial charge in [0.25, 0.3) is 0 Å². The van der Waals surface area contributed by atoms with Crippen molar-refractivity contribution in [2.24, 2.45) is 5.92 Å². The molecule has 40 heavy (non-hydrogen) atoms. The van der Waals surface area contributed by atoms with Crippen LogP contribution in [0.3, 0.4) is 0 Å². The first-order valence-electron chi connectivity index (χ1n) is 13.7. The number of halogens is 2. The summed E-state index contributed by atoms with van der Waals surface area (Å²) in [5.41, 5.74) is 1.95. The lowest BCUT2D eigenvalue weighted by atomic mass is 9.88. The molecule has 8 heteroatoms. The monoisotopic (exact) mass is 549 g/mol. The summed E-state index contributed by atoms with van der Waals surface area (Å²) in [5.74, 6) is -3.16. The molecule has 0 N–H and O–H groups in total. The van der Waals surface area contributed by atoms with Crippen LogP contribution in [-0.4, -0.2) is 42.3 Å². The van der Waals surface area contributed by atoms with Gasteiger partial charge in [-0.3, -0.25) is 4.79 Å². The van der Waals surface area contributed by atoms with Gasteiger partial charge in [0, 0.05) is 37.3 Å². The lowest BCUT2D eigenvalue weighted by molar-refractivity contribution is -0.150. The summed E-state index contributed by atoms with van der Waals surface area (Å²) in [7, 11) is 0. The van der Waals surface area contributed by atoms with Crippen molar-refractivity contribution >= 4 is 12.1 Å². The maximum absolute atomic E-state index is 15.0. The number of carbonyl (C=O) groups excluding carboxylic acids is 2. The van der Waals surface area contributed by atoms with Crippen molar-refractivity contribution in [2.45, 2.75) is 56.9 Å². The van der Waals surface area contributed by atoms with Crippen LogP contribution in [0.4, 0.5) is 13.6 Å². The van der Waals surface area contributed by atoms with Crippen molar-refractivity contribution in [2.75, 3.05) is 13.2 Å². The van der Waals surface area contributed by atoms with E-state index in [0.717, 1.165) is 17.2 Å². The number of ether oxygens (including phenoxy) is 3. The van der Waals surface area contributed by atoms with E-state index < -0.39 is 41.6 Å². The molecule has 6 nitrogen and oxygen atoms in total. The van der Waals surface area contributed by atoms with Crippen molar-refractivity contribution in [1.82, 2.24) is 4.90 Å². The molecule has 0 aromatic heterocycles. The molecule has 0 bridgehead atoms. The number of benzene rings is 3. The average molecular weight is 550 g/mol. The van der Waals surface area contributed by atoms with Gasteiger partial charge in [-0.2, -0.15) is 0 Å². The van der Waals surface area contributed by atoms with Crippen molar-refractivity contribution in [1.29, 1.82) is 0 Å². The van der Waals surface area contributed by atoms with E-state index in [9.17, 15) is 14.0 Å². The topological polar surface area (TPSA) is 65.1 Å². The van der Waals surface area contributed by atoms with Crippen molar-refractivity contribution in [3.63, 3.8) is 0 Å². The van der Waals surface area contributed by atoms with Crippen LogP contribution >= 0.6 is 0 Å². The summed E-state index contributed by atoms with van der Waals surface area (Å²) in [4.78, 5) is 28.7. The molecule has 1 aliphatic heterocycles. The van der Waals surface area contributed by atoms with E-state index in [1.807, 2.05) is 60.7 Å². The van der Waals surface area contributed by atoms with Crippen LogP contribution in [-0.2, 0) is 32.2 Å². The van der Waals surface area contributed by atoms with Crippen LogP contribution in [0.2, 0.25) is 0 Å². The second-order valence-electron chi connectivity index (χ2n) is 10.4. The normalized spacial score (nSPS) is 21.1. The zero-order valence-electron chi connectivity index (χ0n) is 22.2. The van der Waals surface area contributed by atoms with Gasteiger partial charge in [-0.1, -0.05) is 66.7 Å². The molecule has 0 unspecified atom stereocenters. The first-order chi connectivity index (χ1) is 19.5. The molecule has 1 saturated carbocycles. The van der Waals surface area contributed by atoms with Crippen molar-refractivity contribution in [3.05, 3.63) is 107 Å². The predicted octanol–water partition coefficient (Wildman–Crippen LogP) is 6.39. The molecule has 2 fully saturated rings. The third-order valence-corrected chi connectivity index (χ3v) is 7.82. The largest absolute Gasteiger partial charge is 0.461 e. The minimum Gasteiger partial charge on any atom is -0.461 e. The van der Waals surface area contributed by atoms with Gasteiger partial charge in [-0.05, 0) is 48.4 Å². The van der Waals surface area contributed by atoms with E-state index in [1.165, 1.54) is 12.1 Å². The highest BCUT2D eigenvalue weighted by molar-refractivity contribution is 5.75. The van der Waals surface area contributed by atoms with Crippen LogP contribution in [0.15, 0.2) is 78.9 Å². The van der Waals surface area contributed by atoms with Crippen LogP contribution in [0, 0.1) is 17.6 Å². The van der Waals surface area contributed by atoms with Gasteiger partial charge in [0.15, 0.2) is 0 Å². The number of amides is 1. The van der Waals surface area contributed by atoms with Crippen molar-refractivity contribution < 1.29 is 32.6 Å². The highest BCUT2D eigenvalue weighted by Gasteiger charge is 2.47. The van der Waals surface area contributed by atoms with Gasteiger partial charge >= 0.3 is 12.1 Å². The smallest absolute Gasteiger partial charge is 0.410 e. The van der Waals surface area contributed by atoms with E-state index in [2.05, 4.69) is 0 Å². The van der Waals surface area contributed by atoms with Gasteiger partial charge in [0.1, 0.15) is 24.8 Å². The fraction of sp³-hybridized carbons (Fsp3) is 0.375. The summed E-state index contributed by atoms with van der Waals surface area (Å²) in [6.07, 6.45) is 1.40. The average Bonchev–Trinajstić information content (AvgIpc) is 3.41. The Bertz CT molecular complexity index is 1280. The molecule has 1 saturated heterocycles. The van der Waals surface area contributed by atoms with Gasteiger partial charge in [0.2, 0.25) is 0 Å². The van der Waals surface area contributed by atoms with Crippen molar-refractivity contribution in [3.8, 4) is 0 Å². The van der Waals surface area contributed by atoms with E-state index in [-0.39, 0.29) is 31.2 Å². The number of esters is 1. The molecule has 2 aliphatic rings. The minimum absolute atomic E-state index is 0.0856. The first-order valence-corrected chi connectivity index (χ1v) is 13.7. The Labute approximate surface area is 232 Å². The van der Waals surface area contributed by atoms with E-state index in [4.69, 9.17) is 14.2 Å². The number of carbonyl (C=O) groups is 2. The number of rotatable bonds is 8. The molecule has 0 radical (unpaired) electrons. The summed E-state index contributed by atoms with van der Waals surface area (Å²) in [5, 5.41) is 0. The predicted molar refractivity (Wildman–Crippen MR) is 144 cm³/mol. The Balaban J connectivity index is 1.39. The van der Waals surface area contributed by atoms with E-state index in [0.29, 0.717) is 32.5 Å². The zero-order valence-corrected chi connectivity index (χ0v) is 22.2. The summed E-state index contributed by atoms with van der Waals surface area (Å²) >= 11 is 0. The summed E-state index contributed by atoms with van der Waals surface area (Å²) in [6, 6.07) is 21.6. The van der Waals surface area contributed by atoms with Crippen LogP contribution in [0.5, 0.6) is 0 Å². The second kappa shape index (κ2) is 13.0. The highest BCUT2D eigenvalue weighted by atomic mass is 19.1. The molecule has 1 heterocycles.